The first-order valence-electron chi connectivity index (χ1n) is 7.53. The van der Waals surface area contributed by atoms with E-state index >= 15 is 0 Å². The zero-order valence-corrected chi connectivity index (χ0v) is 11.5. The predicted molar refractivity (Wildman–Crippen MR) is 73.6 cm³/mol. The van der Waals surface area contributed by atoms with Gasteiger partial charge in [0.15, 0.2) is 0 Å². The maximum atomic E-state index is 11.6. The number of carbonyl (C=O) groups excluding carboxylic acids is 2. The number of carbonyl (C=O) groups is 2. The molecule has 5 nitrogen and oxygen atoms in total. The van der Waals surface area contributed by atoms with E-state index in [2.05, 4.69) is 16.0 Å². The van der Waals surface area contributed by atoms with E-state index in [9.17, 15) is 9.59 Å². The van der Waals surface area contributed by atoms with Crippen molar-refractivity contribution in [2.45, 2.75) is 51.0 Å². The summed E-state index contributed by atoms with van der Waals surface area (Å²) < 4.78 is 0. The Morgan fingerprint density at radius 3 is 2.47 bits per heavy atom. The van der Waals surface area contributed by atoms with Gasteiger partial charge in [-0.25, -0.2) is 0 Å². The Morgan fingerprint density at radius 1 is 1.05 bits per heavy atom. The van der Waals surface area contributed by atoms with Gasteiger partial charge < -0.3 is 16.0 Å². The van der Waals surface area contributed by atoms with Gasteiger partial charge in [0.2, 0.25) is 11.8 Å². The van der Waals surface area contributed by atoms with Crippen LogP contribution < -0.4 is 16.0 Å². The molecular weight excluding hydrogens is 242 g/mol. The largest absolute Gasteiger partial charge is 0.356 e. The van der Waals surface area contributed by atoms with Crippen molar-refractivity contribution in [3.05, 3.63) is 0 Å². The molecule has 1 saturated heterocycles. The van der Waals surface area contributed by atoms with Crippen LogP contribution in [-0.4, -0.2) is 37.5 Å². The highest BCUT2D eigenvalue weighted by molar-refractivity contribution is 5.79. The van der Waals surface area contributed by atoms with Crippen LogP contribution in [0, 0.1) is 5.92 Å². The van der Waals surface area contributed by atoms with Gasteiger partial charge in [0, 0.05) is 31.5 Å². The van der Waals surface area contributed by atoms with E-state index < -0.39 is 0 Å². The van der Waals surface area contributed by atoms with E-state index in [0.717, 1.165) is 32.2 Å². The first-order valence-corrected chi connectivity index (χ1v) is 7.53. The third-order valence-corrected chi connectivity index (χ3v) is 4.05. The van der Waals surface area contributed by atoms with Crippen LogP contribution in [0.25, 0.3) is 0 Å². The molecule has 2 amide bonds. The molecule has 0 radical (unpaired) electrons. The van der Waals surface area contributed by atoms with Crippen molar-refractivity contribution in [3.8, 4) is 0 Å². The second kappa shape index (κ2) is 7.48. The molecule has 3 N–H and O–H groups in total. The van der Waals surface area contributed by atoms with Gasteiger partial charge in [-0.3, -0.25) is 9.59 Å². The Morgan fingerprint density at radius 2 is 1.84 bits per heavy atom. The van der Waals surface area contributed by atoms with Crippen LogP contribution in [-0.2, 0) is 9.59 Å². The zero-order valence-electron chi connectivity index (χ0n) is 11.5. The highest BCUT2D eigenvalue weighted by atomic mass is 16.2. The van der Waals surface area contributed by atoms with Crippen LogP contribution >= 0.6 is 0 Å². The first kappa shape index (κ1) is 14.3. The summed E-state index contributed by atoms with van der Waals surface area (Å²) in [6.07, 6.45) is 6.92. The normalized spacial score (nSPS) is 22.8. The van der Waals surface area contributed by atoms with Crippen molar-refractivity contribution < 1.29 is 9.59 Å². The summed E-state index contributed by atoms with van der Waals surface area (Å²) in [6, 6.07) is 0.360. The molecule has 1 unspecified atom stereocenters. The molecule has 1 aliphatic carbocycles. The molecule has 19 heavy (non-hydrogen) atoms. The Bertz CT molecular complexity index is 310. The van der Waals surface area contributed by atoms with Gasteiger partial charge in [0.05, 0.1) is 0 Å². The van der Waals surface area contributed by atoms with Gasteiger partial charge in [0.1, 0.15) is 0 Å². The molecule has 2 aliphatic rings. The summed E-state index contributed by atoms with van der Waals surface area (Å²) in [7, 11) is 0. The Hall–Kier alpha value is -1.10. The van der Waals surface area contributed by atoms with E-state index in [1.165, 1.54) is 12.8 Å². The zero-order chi connectivity index (χ0) is 13.5. The number of amides is 2. The van der Waals surface area contributed by atoms with Gasteiger partial charge in [-0.2, -0.15) is 0 Å². The Balaban J connectivity index is 1.44. The highest BCUT2D eigenvalue weighted by Gasteiger charge is 2.24. The minimum atomic E-state index is 0.115. The molecule has 0 aromatic carbocycles. The SMILES string of the molecule is O=C(CC1CCCN1)NCCCNC(=O)C1CCC1. The standard InChI is InChI=1S/C14H25N3O2/c18-13(10-12-6-2-7-15-12)16-8-3-9-17-14(19)11-4-1-5-11/h11-12,15H,1-10H2,(H,16,18)(H,17,19). The van der Waals surface area contributed by atoms with E-state index in [1.54, 1.807) is 0 Å². The molecule has 0 aromatic rings. The summed E-state index contributed by atoms with van der Waals surface area (Å²) >= 11 is 0. The summed E-state index contributed by atoms with van der Waals surface area (Å²) in [5, 5.41) is 9.15. The van der Waals surface area contributed by atoms with Crippen LogP contribution in [0.1, 0.15) is 44.9 Å². The smallest absolute Gasteiger partial charge is 0.223 e. The fraction of sp³-hybridized carbons (Fsp3) is 0.857. The van der Waals surface area contributed by atoms with Crippen LogP contribution in [0.4, 0.5) is 0 Å². The summed E-state index contributed by atoms with van der Waals surface area (Å²) in [5.74, 6) is 0.556. The molecular formula is C14H25N3O2. The lowest BCUT2D eigenvalue weighted by Gasteiger charge is -2.24. The quantitative estimate of drug-likeness (QED) is 0.590. The maximum absolute atomic E-state index is 11.6. The maximum Gasteiger partial charge on any atom is 0.223 e. The van der Waals surface area contributed by atoms with E-state index in [4.69, 9.17) is 0 Å². The molecule has 5 heteroatoms. The Kier molecular flexibility index (Phi) is 5.63. The fourth-order valence-corrected chi connectivity index (χ4v) is 2.57. The van der Waals surface area contributed by atoms with Crippen molar-refractivity contribution in [1.29, 1.82) is 0 Å². The third-order valence-electron chi connectivity index (χ3n) is 4.05. The van der Waals surface area contributed by atoms with Gasteiger partial charge in [-0.15, -0.1) is 0 Å². The minimum Gasteiger partial charge on any atom is -0.356 e. The van der Waals surface area contributed by atoms with Crippen molar-refractivity contribution in [1.82, 2.24) is 16.0 Å². The minimum absolute atomic E-state index is 0.115. The van der Waals surface area contributed by atoms with Gasteiger partial charge in [0.25, 0.3) is 0 Å². The fourth-order valence-electron chi connectivity index (χ4n) is 2.57. The topological polar surface area (TPSA) is 70.2 Å². The lowest BCUT2D eigenvalue weighted by Crippen LogP contribution is -2.37. The molecule has 1 saturated carbocycles. The lowest BCUT2D eigenvalue weighted by molar-refractivity contribution is -0.127. The second-order valence-electron chi connectivity index (χ2n) is 5.62. The van der Waals surface area contributed by atoms with Crippen LogP contribution in [0.3, 0.4) is 0 Å². The van der Waals surface area contributed by atoms with E-state index in [0.29, 0.717) is 25.6 Å². The van der Waals surface area contributed by atoms with E-state index in [-0.39, 0.29) is 17.7 Å². The number of nitrogens with one attached hydrogen (secondary N) is 3. The molecule has 0 spiro atoms. The Labute approximate surface area is 114 Å². The highest BCUT2D eigenvalue weighted by Crippen LogP contribution is 2.25. The lowest BCUT2D eigenvalue weighted by atomic mass is 9.85. The van der Waals surface area contributed by atoms with Crippen molar-refractivity contribution >= 4 is 11.8 Å². The van der Waals surface area contributed by atoms with Crippen molar-refractivity contribution in [2.24, 2.45) is 5.92 Å². The molecule has 1 atom stereocenters. The van der Waals surface area contributed by atoms with E-state index in [1.807, 2.05) is 0 Å². The molecule has 0 bridgehead atoms. The molecule has 108 valence electrons. The first-order chi connectivity index (χ1) is 9.25. The van der Waals surface area contributed by atoms with Gasteiger partial charge in [-0.1, -0.05) is 6.42 Å². The molecule has 0 aromatic heterocycles. The second-order valence-corrected chi connectivity index (χ2v) is 5.62. The monoisotopic (exact) mass is 267 g/mol. The van der Waals surface area contributed by atoms with Gasteiger partial charge >= 0.3 is 0 Å². The molecule has 1 heterocycles. The number of rotatable bonds is 7. The van der Waals surface area contributed by atoms with Crippen LogP contribution in [0.15, 0.2) is 0 Å². The summed E-state index contributed by atoms with van der Waals surface area (Å²) in [5.41, 5.74) is 0. The predicted octanol–water partition coefficient (Wildman–Crippen LogP) is 0.551. The van der Waals surface area contributed by atoms with Crippen LogP contribution in [0.5, 0.6) is 0 Å². The van der Waals surface area contributed by atoms with Crippen molar-refractivity contribution in [3.63, 3.8) is 0 Å². The third kappa shape index (κ3) is 4.82. The molecule has 1 aliphatic heterocycles. The number of hydrogen-bond acceptors (Lipinski definition) is 3. The van der Waals surface area contributed by atoms with Crippen LogP contribution in [0.2, 0.25) is 0 Å². The van der Waals surface area contributed by atoms with Crippen molar-refractivity contribution in [2.75, 3.05) is 19.6 Å². The average Bonchev–Trinajstić information content (AvgIpc) is 2.79. The summed E-state index contributed by atoms with van der Waals surface area (Å²) in [4.78, 5) is 23.2. The number of hydrogen-bond donors (Lipinski definition) is 3. The van der Waals surface area contributed by atoms with Gasteiger partial charge in [-0.05, 0) is 38.6 Å². The average molecular weight is 267 g/mol. The molecule has 2 rings (SSSR count). The molecule has 2 fully saturated rings. The summed E-state index contributed by atoms with van der Waals surface area (Å²) in [6.45, 7) is 2.35.